The van der Waals surface area contributed by atoms with Gasteiger partial charge in [0.25, 0.3) is 0 Å². The van der Waals surface area contributed by atoms with Crippen LogP contribution in [0.3, 0.4) is 0 Å². The van der Waals surface area contributed by atoms with Crippen molar-refractivity contribution in [3.05, 3.63) is 71.7 Å². The van der Waals surface area contributed by atoms with Crippen molar-refractivity contribution in [1.29, 1.82) is 5.26 Å². The van der Waals surface area contributed by atoms with Crippen LogP contribution >= 0.6 is 0 Å². The quantitative estimate of drug-likeness (QED) is 0.853. The van der Waals surface area contributed by atoms with E-state index in [2.05, 4.69) is 16.7 Å². The molecule has 24 heavy (non-hydrogen) atoms. The van der Waals surface area contributed by atoms with E-state index in [1.165, 1.54) is 0 Å². The van der Waals surface area contributed by atoms with E-state index in [1.807, 2.05) is 50.3 Å². The van der Waals surface area contributed by atoms with Gasteiger partial charge in [-0.2, -0.15) is 10.4 Å². The van der Waals surface area contributed by atoms with Gasteiger partial charge in [-0.25, -0.2) is 9.67 Å². The smallest absolute Gasteiger partial charge is 0.163 e. The standard InChI is InChI=1S/C19H20N4O/c1-5-7-8-15(6-2)18-10-9-17(14(4)24)19(21-18)23-13(3)11-16(12-20)22-23/h5-11,14,24H,2H2,1,3-4H3/b7-5-,15-8?. The summed E-state index contributed by atoms with van der Waals surface area (Å²) in [7, 11) is 0. The van der Waals surface area contributed by atoms with Crippen molar-refractivity contribution in [2.24, 2.45) is 0 Å². The Morgan fingerprint density at radius 2 is 2.21 bits per heavy atom. The van der Waals surface area contributed by atoms with E-state index in [0.29, 0.717) is 17.1 Å². The second kappa shape index (κ2) is 7.53. The Kier molecular flexibility index (Phi) is 5.46. The van der Waals surface area contributed by atoms with Crippen LogP contribution in [0.5, 0.6) is 0 Å². The summed E-state index contributed by atoms with van der Waals surface area (Å²) in [4.78, 5) is 4.65. The molecule has 1 atom stereocenters. The molecular formula is C19H20N4O. The molecule has 0 saturated carbocycles. The Balaban J connectivity index is 2.68. The second-order valence-corrected chi connectivity index (χ2v) is 5.33. The van der Waals surface area contributed by atoms with Crippen molar-refractivity contribution in [3.63, 3.8) is 0 Å². The number of aromatic nitrogens is 3. The SMILES string of the molecule is C=CC(=C/C=C\C)c1ccc(C(C)O)c(-n2nc(C#N)cc2C)n1. The Hall–Kier alpha value is -2.97. The average molecular weight is 320 g/mol. The molecule has 0 aliphatic rings. The van der Waals surface area contributed by atoms with Crippen molar-refractivity contribution in [3.8, 4) is 11.9 Å². The predicted octanol–water partition coefficient (Wildman–Crippen LogP) is 3.65. The molecule has 2 aromatic heterocycles. The lowest BCUT2D eigenvalue weighted by Gasteiger charge is -2.14. The van der Waals surface area contributed by atoms with Gasteiger partial charge in [0.1, 0.15) is 6.07 Å². The number of pyridine rings is 1. The maximum atomic E-state index is 10.1. The van der Waals surface area contributed by atoms with Gasteiger partial charge in [0.2, 0.25) is 0 Å². The summed E-state index contributed by atoms with van der Waals surface area (Å²) < 4.78 is 1.58. The highest BCUT2D eigenvalue weighted by Gasteiger charge is 2.16. The molecule has 5 nitrogen and oxygen atoms in total. The van der Waals surface area contributed by atoms with Crippen molar-refractivity contribution in [2.45, 2.75) is 26.9 Å². The summed E-state index contributed by atoms with van der Waals surface area (Å²) in [6, 6.07) is 7.37. The van der Waals surface area contributed by atoms with E-state index < -0.39 is 6.10 Å². The van der Waals surface area contributed by atoms with Gasteiger partial charge in [0, 0.05) is 11.3 Å². The molecule has 122 valence electrons. The minimum atomic E-state index is -0.706. The summed E-state index contributed by atoms with van der Waals surface area (Å²) in [5, 5.41) is 23.4. The van der Waals surface area contributed by atoms with Crippen molar-refractivity contribution < 1.29 is 5.11 Å². The van der Waals surface area contributed by atoms with E-state index in [4.69, 9.17) is 5.26 Å². The monoisotopic (exact) mass is 320 g/mol. The first kappa shape index (κ1) is 17.4. The fourth-order valence-electron chi connectivity index (χ4n) is 2.32. The largest absolute Gasteiger partial charge is 0.389 e. The number of aryl methyl sites for hydroxylation is 1. The molecule has 1 unspecified atom stereocenters. The zero-order valence-electron chi connectivity index (χ0n) is 14.1. The number of hydrogen-bond donors (Lipinski definition) is 1. The predicted molar refractivity (Wildman–Crippen MR) is 94.4 cm³/mol. The fraction of sp³-hybridized carbons (Fsp3) is 0.211. The Bertz CT molecular complexity index is 851. The maximum absolute atomic E-state index is 10.1. The Morgan fingerprint density at radius 3 is 2.75 bits per heavy atom. The van der Waals surface area contributed by atoms with Crippen LogP contribution in [0.4, 0.5) is 0 Å². The van der Waals surface area contributed by atoms with Gasteiger partial charge < -0.3 is 5.11 Å². The number of allylic oxidation sites excluding steroid dienone is 5. The third kappa shape index (κ3) is 3.50. The van der Waals surface area contributed by atoms with Gasteiger partial charge in [-0.15, -0.1) is 0 Å². The van der Waals surface area contributed by atoms with Crippen LogP contribution < -0.4 is 0 Å². The van der Waals surface area contributed by atoms with Crippen LogP contribution in [0.25, 0.3) is 11.4 Å². The van der Waals surface area contributed by atoms with Crippen molar-refractivity contribution in [2.75, 3.05) is 0 Å². The average Bonchev–Trinajstić information content (AvgIpc) is 2.96. The van der Waals surface area contributed by atoms with Crippen molar-refractivity contribution >= 4 is 5.57 Å². The molecular weight excluding hydrogens is 300 g/mol. The molecule has 0 radical (unpaired) electrons. The normalized spacial score (nSPS) is 13.0. The lowest BCUT2D eigenvalue weighted by molar-refractivity contribution is 0.198. The zero-order valence-corrected chi connectivity index (χ0v) is 14.1. The number of aliphatic hydroxyl groups is 1. The van der Waals surface area contributed by atoms with Gasteiger partial charge >= 0.3 is 0 Å². The van der Waals surface area contributed by atoms with E-state index in [1.54, 1.807) is 23.7 Å². The van der Waals surface area contributed by atoms with Crippen molar-refractivity contribution in [1.82, 2.24) is 14.8 Å². The van der Waals surface area contributed by atoms with Gasteiger partial charge in [0.15, 0.2) is 11.5 Å². The molecule has 0 saturated heterocycles. The number of nitrogens with zero attached hydrogens (tertiary/aromatic N) is 4. The molecule has 2 aromatic rings. The topological polar surface area (TPSA) is 74.7 Å². The highest BCUT2D eigenvalue weighted by molar-refractivity contribution is 5.73. The molecule has 2 heterocycles. The Morgan fingerprint density at radius 1 is 1.46 bits per heavy atom. The number of hydrogen-bond acceptors (Lipinski definition) is 4. The van der Waals surface area contributed by atoms with Crippen LogP contribution in [-0.4, -0.2) is 19.9 Å². The molecule has 0 aromatic carbocycles. The second-order valence-electron chi connectivity index (χ2n) is 5.33. The molecule has 0 amide bonds. The maximum Gasteiger partial charge on any atom is 0.163 e. The number of nitriles is 1. The molecule has 1 N–H and O–H groups in total. The van der Waals surface area contributed by atoms with E-state index in [9.17, 15) is 5.11 Å². The highest BCUT2D eigenvalue weighted by Crippen LogP contribution is 2.24. The first-order chi connectivity index (χ1) is 11.5. The van der Waals surface area contributed by atoms with E-state index in [0.717, 1.165) is 17.0 Å². The molecule has 0 aliphatic heterocycles. The summed E-state index contributed by atoms with van der Waals surface area (Å²) in [6.07, 6.45) is 6.77. The third-order valence-electron chi connectivity index (χ3n) is 3.54. The van der Waals surface area contributed by atoms with Crippen LogP contribution in [0.1, 0.15) is 42.6 Å². The first-order valence-corrected chi connectivity index (χ1v) is 7.63. The van der Waals surface area contributed by atoms with Gasteiger partial charge in [0.05, 0.1) is 11.8 Å². The molecule has 0 bridgehead atoms. The van der Waals surface area contributed by atoms with E-state index >= 15 is 0 Å². The van der Waals surface area contributed by atoms with Gasteiger partial charge in [-0.05, 0) is 38.5 Å². The van der Waals surface area contributed by atoms with Crippen LogP contribution in [-0.2, 0) is 0 Å². The number of rotatable bonds is 5. The van der Waals surface area contributed by atoms with Gasteiger partial charge in [-0.1, -0.05) is 36.9 Å². The Labute approximate surface area is 141 Å². The summed E-state index contributed by atoms with van der Waals surface area (Å²) >= 11 is 0. The fourth-order valence-corrected chi connectivity index (χ4v) is 2.32. The summed E-state index contributed by atoms with van der Waals surface area (Å²) in [6.45, 7) is 9.28. The molecule has 0 spiro atoms. The van der Waals surface area contributed by atoms with Crippen LogP contribution in [0, 0.1) is 18.3 Å². The highest BCUT2D eigenvalue weighted by atomic mass is 16.3. The van der Waals surface area contributed by atoms with Crippen LogP contribution in [0.2, 0.25) is 0 Å². The third-order valence-corrected chi connectivity index (χ3v) is 3.54. The molecule has 0 fully saturated rings. The summed E-state index contributed by atoms with van der Waals surface area (Å²) in [5.74, 6) is 0.509. The minimum Gasteiger partial charge on any atom is -0.389 e. The zero-order chi connectivity index (χ0) is 17.7. The van der Waals surface area contributed by atoms with E-state index in [-0.39, 0.29) is 0 Å². The molecule has 2 rings (SSSR count). The molecule has 5 heteroatoms. The van der Waals surface area contributed by atoms with Gasteiger partial charge in [-0.3, -0.25) is 0 Å². The number of aliphatic hydroxyl groups excluding tert-OH is 1. The summed E-state index contributed by atoms with van der Waals surface area (Å²) in [5.41, 5.74) is 3.30. The minimum absolute atomic E-state index is 0.310. The lowest BCUT2D eigenvalue weighted by Crippen LogP contribution is -2.09. The lowest BCUT2D eigenvalue weighted by atomic mass is 10.1. The first-order valence-electron chi connectivity index (χ1n) is 7.63. The molecule has 0 aliphatic carbocycles. The van der Waals surface area contributed by atoms with Crippen LogP contribution in [0.15, 0.2) is 49.1 Å².